The number of hydrogen-bond donors (Lipinski definition) is 0. The first-order chi connectivity index (χ1) is 7.69. The zero-order chi connectivity index (χ0) is 12.0. The monoisotopic (exact) mass is 220 g/mol. The van der Waals surface area contributed by atoms with E-state index in [1.54, 1.807) is 7.11 Å². The minimum absolute atomic E-state index is 0.343. The van der Waals surface area contributed by atoms with Gasteiger partial charge in [-0.2, -0.15) is 0 Å². The molecule has 0 atom stereocenters. The molecule has 86 valence electrons. The van der Waals surface area contributed by atoms with Gasteiger partial charge < -0.3 is 9.47 Å². The van der Waals surface area contributed by atoms with Crippen LogP contribution < -0.4 is 0 Å². The number of carbonyl (C=O) groups is 1. The van der Waals surface area contributed by atoms with Crippen molar-refractivity contribution in [2.24, 2.45) is 0 Å². The molecule has 3 nitrogen and oxygen atoms in total. The van der Waals surface area contributed by atoms with Crippen molar-refractivity contribution in [1.29, 1.82) is 0 Å². The van der Waals surface area contributed by atoms with Crippen LogP contribution in [0.1, 0.15) is 18.1 Å². The van der Waals surface area contributed by atoms with Crippen LogP contribution >= 0.6 is 0 Å². The third-order valence-corrected chi connectivity index (χ3v) is 2.28. The van der Waals surface area contributed by atoms with Crippen molar-refractivity contribution in [2.75, 3.05) is 14.2 Å². The molecule has 0 radical (unpaired) electrons. The highest BCUT2D eigenvalue weighted by atomic mass is 16.5. The maximum atomic E-state index is 11.1. The first kappa shape index (κ1) is 12.5. The quantitative estimate of drug-likeness (QED) is 0.577. The predicted molar refractivity (Wildman–Crippen MR) is 62.8 cm³/mol. The van der Waals surface area contributed by atoms with Crippen LogP contribution in [0, 0.1) is 0 Å². The SMILES string of the molecule is COCc1ccccc1/C(C)=C/C(=O)OC. The summed E-state index contributed by atoms with van der Waals surface area (Å²) in [6.07, 6.45) is 1.48. The molecule has 0 saturated heterocycles. The molecule has 3 heteroatoms. The number of benzene rings is 1. The van der Waals surface area contributed by atoms with Gasteiger partial charge in [0.15, 0.2) is 0 Å². The van der Waals surface area contributed by atoms with Crippen LogP contribution in [0.15, 0.2) is 30.3 Å². The van der Waals surface area contributed by atoms with Gasteiger partial charge in [0, 0.05) is 13.2 Å². The van der Waals surface area contributed by atoms with Crippen molar-refractivity contribution >= 4 is 11.5 Å². The second kappa shape index (κ2) is 6.08. The van der Waals surface area contributed by atoms with Gasteiger partial charge in [-0.3, -0.25) is 0 Å². The van der Waals surface area contributed by atoms with Crippen LogP contribution in [0.3, 0.4) is 0 Å². The van der Waals surface area contributed by atoms with Gasteiger partial charge in [0.1, 0.15) is 0 Å². The molecule has 0 bridgehead atoms. The average molecular weight is 220 g/mol. The fourth-order valence-electron chi connectivity index (χ4n) is 1.50. The second-order valence-electron chi connectivity index (χ2n) is 3.44. The van der Waals surface area contributed by atoms with Gasteiger partial charge in [-0.25, -0.2) is 4.79 Å². The molecule has 0 spiro atoms. The lowest BCUT2D eigenvalue weighted by Gasteiger charge is -2.08. The molecule has 0 aromatic heterocycles. The van der Waals surface area contributed by atoms with Crippen LogP contribution in [0.4, 0.5) is 0 Å². The number of allylic oxidation sites excluding steroid dienone is 1. The maximum absolute atomic E-state index is 11.1. The van der Waals surface area contributed by atoms with E-state index >= 15 is 0 Å². The Morgan fingerprint density at radius 2 is 2.00 bits per heavy atom. The lowest BCUT2D eigenvalue weighted by molar-refractivity contribution is -0.134. The Hall–Kier alpha value is -1.61. The Morgan fingerprint density at radius 1 is 1.31 bits per heavy atom. The zero-order valence-corrected chi connectivity index (χ0v) is 9.82. The highest BCUT2D eigenvalue weighted by molar-refractivity contribution is 5.91. The van der Waals surface area contributed by atoms with E-state index in [1.165, 1.54) is 13.2 Å². The summed E-state index contributed by atoms with van der Waals surface area (Å²) in [5.74, 6) is -0.343. The van der Waals surface area contributed by atoms with Gasteiger partial charge in [0.05, 0.1) is 13.7 Å². The van der Waals surface area contributed by atoms with Crippen molar-refractivity contribution < 1.29 is 14.3 Å². The third-order valence-electron chi connectivity index (χ3n) is 2.28. The molecule has 0 N–H and O–H groups in total. The van der Waals surface area contributed by atoms with Crippen LogP contribution in [0.5, 0.6) is 0 Å². The molecular formula is C13H16O3. The van der Waals surface area contributed by atoms with Gasteiger partial charge in [0.2, 0.25) is 0 Å². The summed E-state index contributed by atoms with van der Waals surface area (Å²) in [5, 5.41) is 0. The Labute approximate surface area is 95.7 Å². The van der Waals surface area contributed by atoms with E-state index in [0.29, 0.717) is 6.61 Å². The lowest BCUT2D eigenvalue weighted by atomic mass is 10.0. The van der Waals surface area contributed by atoms with Gasteiger partial charge in [-0.05, 0) is 23.6 Å². The molecule has 0 amide bonds. The number of esters is 1. The Morgan fingerprint density at radius 3 is 2.62 bits per heavy atom. The van der Waals surface area contributed by atoms with Crippen molar-refractivity contribution in [3.05, 3.63) is 41.5 Å². The van der Waals surface area contributed by atoms with Crippen molar-refractivity contribution in [3.8, 4) is 0 Å². The minimum atomic E-state index is -0.343. The molecule has 1 aromatic carbocycles. The van der Waals surface area contributed by atoms with E-state index in [4.69, 9.17) is 4.74 Å². The molecule has 1 aromatic rings. The topological polar surface area (TPSA) is 35.5 Å². The smallest absolute Gasteiger partial charge is 0.330 e. The fraction of sp³-hybridized carbons (Fsp3) is 0.308. The third kappa shape index (κ3) is 3.21. The Bertz CT molecular complexity index is 394. The molecule has 0 saturated carbocycles. The summed E-state index contributed by atoms with van der Waals surface area (Å²) >= 11 is 0. The lowest BCUT2D eigenvalue weighted by Crippen LogP contribution is -1.98. The number of rotatable bonds is 4. The minimum Gasteiger partial charge on any atom is -0.466 e. The van der Waals surface area contributed by atoms with Crippen molar-refractivity contribution in [2.45, 2.75) is 13.5 Å². The second-order valence-corrected chi connectivity index (χ2v) is 3.44. The predicted octanol–water partition coefficient (Wildman–Crippen LogP) is 2.41. The summed E-state index contributed by atoms with van der Waals surface area (Å²) in [5.41, 5.74) is 2.94. The molecule has 16 heavy (non-hydrogen) atoms. The number of methoxy groups -OCH3 is 2. The normalized spacial score (nSPS) is 11.3. The molecule has 1 rings (SSSR count). The Balaban J connectivity index is 3.02. The highest BCUT2D eigenvalue weighted by Crippen LogP contribution is 2.19. The van der Waals surface area contributed by atoms with Gasteiger partial charge in [-0.15, -0.1) is 0 Å². The molecule has 0 unspecified atom stereocenters. The van der Waals surface area contributed by atoms with Crippen LogP contribution in [0.2, 0.25) is 0 Å². The number of carbonyl (C=O) groups excluding carboxylic acids is 1. The van der Waals surface area contributed by atoms with E-state index in [0.717, 1.165) is 16.7 Å². The van der Waals surface area contributed by atoms with E-state index in [-0.39, 0.29) is 5.97 Å². The van der Waals surface area contributed by atoms with Gasteiger partial charge >= 0.3 is 5.97 Å². The van der Waals surface area contributed by atoms with Crippen molar-refractivity contribution in [3.63, 3.8) is 0 Å². The van der Waals surface area contributed by atoms with Crippen LogP contribution in [-0.4, -0.2) is 20.2 Å². The number of ether oxygens (including phenoxy) is 2. The summed E-state index contributed by atoms with van der Waals surface area (Å²) < 4.78 is 9.70. The molecule has 0 fully saturated rings. The maximum Gasteiger partial charge on any atom is 0.330 e. The zero-order valence-electron chi connectivity index (χ0n) is 9.82. The van der Waals surface area contributed by atoms with E-state index in [2.05, 4.69) is 4.74 Å². The van der Waals surface area contributed by atoms with E-state index < -0.39 is 0 Å². The molecule has 0 aliphatic rings. The van der Waals surface area contributed by atoms with Gasteiger partial charge in [0.25, 0.3) is 0 Å². The summed E-state index contributed by atoms with van der Waals surface area (Å²) in [7, 11) is 3.02. The molecule has 0 aliphatic carbocycles. The summed E-state index contributed by atoms with van der Waals surface area (Å²) in [4.78, 5) is 11.1. The summed E-state index contributed by atoms with van der Waals surface area (Å²) in [6.45, 7) is 2.41. The van der Waals surface area contributed by atoms with Crippen LogP contribution in [0.25, 0.3) is 5.57 Å². The van der Waals surface area contributed by atoms with E-state index in [1.807, 2.05) is 31.2 Å². The average Bonchev–Trinajstić information content (AvgIpc) is 2.30. The Kier molecular flexibility index (Phi) is 4.73. The van der Waals surface area contributed by atoms with E-state index in [9.17, 15) is 4.79 Å². The highest BCUT2D eigenvalue weighted by Gasteiger charge is 2.05. The number of hydrogen-bond acceptors (Lipinski definition) is 3. The van der Waals surface area contributed by atoms with Crippen LogP contribution in [-0.2, 0) is 20.9 Å². The standard InChI is InChI=1S/C13H16O3/c1-10(8-13(14)16-3)12-7-5-4-6-11(12)9-15-2/h4-8H,9H2,1-3H3/b10-8+. The van der Waals surface area contributed by atoms with Crippen molar-refractivity contribution in [1.82, 2.24) is 0 Å². The molecule has 0 aliphatic heterocycles. The largest absolute Gasteiger partial charge is 0.466 e. The fourth-order valence-corrected chi connectivity index (χ4v) is 1.50. The molecular weight excluding hydrogens is 204 g/mol. The summed E-state index contributed by atoms with van der Waals surface area (Å²) in [6, 6.07) is 7.82. The van der Waals surface area contributed by atoms with Gasteiger partial charge in [-0.1, -0.05) is 24.3 Å². The first-order valence-electron chi connectivity index (χ1n) is 5.02. The molecule has 0 heterocycles. The first-order valence-corrected chi connectivity index (χ1v) is 5.02.